The Bertz CT molecular complexity index is 181. The van der Waals surface area contributed by atoms with E-state index in [1.807, 2.05) is 20.8 Å². The average molecular weight is 168 g/mol. The van der Waals surface area contributed by atoms with Crippen molar-refractivity contribution in [2.24, 2.45) is 0 Å². The molecule has 2 heteroatoms. The summed E-state index contributed by atoms with van der Waals surface area (Å²) < 4.78 is 5.27. The highest BCUT2D eigenvalue weighted by molar-refractivity contribution is 5.79. The minimum absolute atomic E-state index is 0.0721. The predicted molar refractivity (Wildman–Crippen MR) is 48.8 cm³/mol. The molecule has 0 spiro atoms. The Hall–Kier alpha value is -0.810. The summed E-state index contributed by atoms with van der Waals surface area (Å²) in [5, 5.41) is 0. The lowest BCUT2D eigenvalue weighted by Gasteiger charge is -2.18. The van der Waals surface area contributed by atoms with Gasteiger partial charge in [0.05, 0.1) is 5.60 Å². The Morgan fingerprint density at radius 3 is 2.50 bits per heavy atom. The van der Waals surface area contributed by atoms with Crippen LogP contribution in [-0.4, -0.2) is 18.0 Å². The molecule has 0 aliphatic carbocycles. The van der Waals surface area contributed by atoms with Gasteiger partial charge in [-0.3, -0.25) is 4.79 Å². The molecule has 0 aliphatic heterocycles. The Balaban J connectivity index is 3.53. The highest BCUT2D eigenvalue weighted by atomic mass is 16.5. The van der Waals surface area contributed by atoms with Gasteiger partial charge in [0, 0.05) is 12.8 Å². The molecule has 0 aromatic carbocycles. The summed E-state index contributed by atoms with van der Waals surface area (Å²) in [6.45, 7) is 5.93. The van der Waals surface area contributed by atoms with Gasteiger partial charge in [-0.2, -0.15) is 0 Å². The van der Waals surface area contributed by atoms with Crippen molar-refractivity contribution in [1.82, 2.24) is 0 Å². The van der Waals surface area contributed by atoms with Crippen LogP contribution in [0.5, 0.6) is 0 Å². The lowest BCUT2D eigenvalue weighted by atomic mass is 10.2. The highest BCUT2D eigenvalue weighted by Gasteiger charge is 2.12. The van der Waals surface area contributed by atoms with Crippen LogP contribution in [0.15, 0.2) is 0 Å². The summed E-state index contributed by atoms with van der Waals surface area (Å²) in [7, 11) is 0. The molecule has 2 nitrogen and oxygen atoms in total. The quantitative estimate of drug-likeness (QED) is 0.598. The zero-order chi connectivity index (χ0) is 9.61. The lowest BCUT2D eigenvalue weighted by molar-refractivity contribution is -0.128. The second kappa shape index (κ2) is 4.95. The summed E-state index contributed by atoms with van der Waals surface area (Å²) in [4.78, 5) is 11.0. The van der Waals surface area contributed by atoms with Crippen LogP contribution in [0.4, 0.5) is 0 Å². The van der Waals surface area contributed by atoms with Crippen LogP contribution in [0, 0.1) is 12.3 Å². The van der Waals surface area contributed by atoms with Gasteiger partial charge in [-0.1, -0.05) is 0 Å². The number of hydrogen-bond donors (Lipinski definition) is 0. The number of hydrogen-bond acceptors (Lipinski definition) is 2. The Morgan fingerprint density at radius 1 is 1.50 bits per heavy atom. The van der Waals surface area contributed by atoms with Crippen molar-refractivity contribution >= 4 is 5.78 Å². The van der Waals surface area contributed by atoms with E-state index in [9.17, 15) is 4.79 Å². The van der Waals surface area contributed by atoms with Crippen molar-refractivity contribution in [2.45, 2.75) is 39.2 Å². The first-order valence-electron chi connectivity index (χ1n) is 4.05. The van der Waals surface area contributed by atoms with E-state index in [-0.39, 0.29) is 18.0 Å². The van der Waals surface area contributed by atoms with Gasteiger partial charge in [-0.05, 0) is 20.8 Å². The monoisotopic (exact) mass is 168 g/mol. The molecule has 12 heavy (non-hydrogen) atoms. The molecule has 0 rings (SSSR count). The predicted octanol–water partition coefficient (Wildman–Crippen LogP) is 1.78. The third-order valence-electron chi connectivity index (χ3n) is 1.21. The zero-order valence-corrected chi connectivity index (χ0v) is 8.02. The molecule has 0 saturated heterocycles. The van der Waals surface area contributed by atoms with E-state index in [0.717, 1.165) is 0 Å². The number of ether oxygens (including phenoxy) is 1. The lowest BCUT2D eigenvalue weighted by Crippen LogP contribution is -2.23. The fourth-order valence-electron chi connectivity index (χ4n) is 0.581. The topological polar surface area (TPSA) is 26.3 Å². The van der Waals surface area contributed by atoms with E-state index in [1.165, 1.54) is 0 Å². The molecule has 0 aromatic heterocycles. The zero-order valence-electron chi connectivity index (χ0n) is 8.02. The largest absolute Gasteiger partial charge is 0.368 e. The molecular formula is C10H16O2. The Morgan fingerprint density at radius 2 is 2.08 bits per heavy atom. The molecule has 0 atom stereocenters. The number of terminal acetylenes is 1. The van der Waals surface area contributed by atoms with Crippen LogP contribution >= 0.6 is 0 Å². The van der Waals surface area contributed by atoms with E-state index in [1.54, 1.807) is 0 Å². The van der Waals surface area contributed by atoms with Gasteiger partial charge in [0.25, 0.3) is 0 Å². The molecular weight excluding hydrogens is 152 g/mol. The molecule has 0 unspecified atom stereocenters. The van der Waals surface area contributed by atoms with E-state index >= 15 is 0 Å². The fourth-order valence-corrected chi connectivity index (χ4v) is 0.581. The second-order valence-corrected chi connectivity index (χ2v) is 3.64. The number of carbonyl (C=O) groups is 1. The summed E-state index contributed by atoms with van der Waals surface area (Å²) >= 11 is 0. The summed E-state index contributed by atoms with van der Waals surface area (Å²) in [5.41, 5.74) is -0.244. The van der Waals surface area contributed by atoms with Gasteiger partial charge < -0.3 is 4.74 Å². The normalized spacial score (nSPS) is 10.8. The van der Waals surface area contributed by atoms with E-state index in [4.69, 9.17) is 11.2 Å². The van der Waals surface area contributed by atoms with Gasteiger partial charge in [-0.15, -0.1) is 12.3 Å². The molecule has 0 heterocycles. The SMILES string of the molecule is C#CCCC(=O)COC(C)(C)C. The molecule has 0 saturated carbocycles. The molecule has 0 amide bonds. The van der Waals surface area contributed by atoms with Crippen molar-refractivity contribution in [3.05, 3.63) is 0 Å². The first-order valence-corrected chi connectivity index (χ1v) is 4.05. The van der Waals surface area contributed by atoms with Crippen molar-refractivity contribution < 1.29 is 9.53 Å². The van der Waals surface area contributed by atoms with Gasteiger partial charge in [0.1, 0.15) is 6.61 Å². The van der Waals surface area contributed by atoms with Crippen LogP contribution in [-0.2, 0) is 9.53 Å². The van der Waals surface area contributed by atoms with E-state index in [2.05, 4.69) is 5.92 Å². The second-order valence-electron chi connectivity index (χ2n) is 3.64. The number of carbonyl (C=O) groups excluding carboxylic acids is 1. The molecule has 0 aromatic rings. The fraction of sp³-hybridized carbons (Fsp3) is 0.700. The van der Waals surface area contributed by atoms with Crippen LogP contribution in [0.25, 0.3) is 0 Å². The van der Waals surface area contributed by atoms with Crippen LogP contribution in [0.3, 0.4) is 0 Å². The summed E-state index contributed by atoms with van der Waals surface area (Å²) in [6.07, 6.45) is 5.95. The minimum atomic E-state index is -0.244. The third-order valence-corrected chi connectivity index (χ3v) is 1.21. The number of Topliss-reactive ketones (excluding diaryl/α,β-unsaturated/α-hetero) is 1. The molecule has 0 bridgehead atoms. The van der Waals surface area contributed by atoms with Crippen molar-refractivity contribution in [2.75, 3.05) is 6.61 Å². The molecule has 0 radical (unpaired) electrons. The third kappa shape index (κ3) is 7.30. The van der Waals surface area contributed by atoms with Crippen LogP contribution < -0.4 is 0 Å². The van der Waals surface area contributed by atoms with Gasteiger partial charge >= 0.3 is 0 Å². The van der Waals surface area contributed by atoms with E-state index in [0.29, 0.717) is 12.8 Å². The maximum absolute atomic E-state index is 11.0. The highest BCUT2D eigenvalue weighted by Crippen LogP contribution is 2.06. The Kier molecular flexibility index (Phi) is 4.61. The standard InChI is InChI=1S/C10H16O2/c1-5-6-7-9(11)8-12-10(2,3)4/h1H,6-8H2,2-4H3. The maximum Gasteiger partial charge on any atom is 0.159 e. The molecule has 68 valence electrons. The Labute approximate surface area is 74.3 Å². The minimum Gasteiger partial charge on any atom is -0.368 e. The molecule has 0 fully saturated rings. The van der Waals surface area contributed by atoms with Gasteiger partial charge in [-0.25, -0.2) is 0 Å². The van der Waals surface area contributed by atoms with Crippen LogP contribution in [0.2, 0.25) is 0 Å². The molecule has 0 aliphatic rings. The smallest absolute Gasteiger partial charge is 0.159 e. The van der Waals surface area contributed by atoms with Gasteiger partial charge in [0.15, 0.2) is 5.78 Å². The summed E-state index contributed by atoms with van der Waals surface area (Å²) in [6, 6.07) is 0. The average Bonchev–Trinajstić information content (AvgIpc) is 1.95. The van der Waals surface area contributed by atoms with Gasteiger partial charge in [0.2, 0.25) is 0 Å². The number of ketones is 1. The van der Waals surface area contributed by atoms with Crippen molar-refractivity contribution in [1.29, 1.82) is 0 Å². The van der Waals surface area contributed by atoms with Crippen LogP contribution in [0.1, 0.15) is 33.6 Å². The van der Waals surface area contributed by atoms with Crippen molar-refractivity contribution in [3.8, 4) is 12.3 Å². The maximum atomic E-state index is 11.0. The first kappa shape index (κ1) is 11.2. The number of rotatable bonds is 4. The van der Waals surface area contributed by atoms with E-state index < -0.39 is 0 Å². The molecule has 0 N–H and O–H groups in total. The summed E-state index contributed by atoms with van der Waals surface area (Å²) in [5.74, 6) is 2.49. The first-order chi connectivity index (χ1) is 5.45. The van der Waals surface area contributed by atoms with Crippen molar-refractivity contribution in [3.63, 3.8) is 0 Å².